The van der Waals surface area contributed by atoms with Crippen LogP contribution in [0, 0.1) is 28.6 Å². The second-order valence-corrected chi connectivity index (χ2v) is 9.42. The number of rotatable bonds is 2. The van der Waals surface area contributed by atoms with Gasteiger partial charge in [-0.15, -0.1) is 0 Å². The summed E-state index contributed by atoms with van der Waals surface area (Å²) in [6.45, 7) is 6.69. The smallest absolute Gasteiger partial charge is 0.305 e. The first-order valence-electron chi connectivity index (χ1n) is 10.3. The molecule has 4 aliphatic rings. The Labute approximate surface area is 151 Å². The van der Waals surface area contributed by atoms with Crippen LogP contribution in [0.2, 0.25) is 0 Å². The summed E-state index contributed by atoms with van der Waals surface area (Å²) in [4.78, 5) is 23.8. The van der Waals surface area contributed by atoms with E-state index in [0.29, 0.717) is 24.0 Å². The highest BCUT2D eigenvalue weighted by atomic mass is 16.5. The Morgan fingerprint density at radius 1 is 1.12 bits per heavy atom. The number of hydrogen-bond donors (Lipinski definition) is 0. The minimum absolute atomic E-state index is 0.0411. The van der Waals surface area contributed by atoms with E-state index >= 15 is 0 Å². The highest BCUT2D eigenvalue weighted by Crippen LogP contribution is 2.65. The summed E-state index contributed by atoms with van der Waals surface area (Å²) >= 11 is 0. The molecular weight excluding hydrogens is 312 g/mol. The summed E-state index contributed by atoms with van der Waals surface area (Å²) < 4.78 is 5.86. The first-order valence-corrected chi connectivity index (χ1v) is 10.3. The van der Waals surface area contributed by atoms with Crippen molar-refractivity contribution >= 4 is 11.8 Å². The van der Waals surface area contributed by atoms with Gasteiger partial charge in [-0.3, -0.25) is 9.59 Å². The predicted octanol–water partition coefficient (Wildman–Crippen LogP) is 4.84. The lowest BCUT2D eigenvalue weighted by molar-refractivity contribution is -0.159. The molecule has 0 aromatic heterocycles. The third-order valence-corrected chi connectivity index (χ3v) is 8.44. The SMILES string of the molecule is CCC(=O)OC1CC[C@H]2C3CCC4=CC(=O)CCC4(C)C3CCC12C. The second kappa shape index (κ2) is 5.96. The molecule has 0 aromatic rings. The van der Waals surface area contributed by atoms with Crippen molar-refractivity contribution in [1.82, 2.24) is 0 Å². The third kappa shape index (κ3) is 2.52. The van der Waals surface area contributed by atoms with Crippen molar-refractivity contribution in [3.63, 3.8) is 0 Å². The molecule has 3 saturated carbocycles. The van der Waals surface area contributed by atoms with Crippen molar-refractivity contribution in [3.05, 3.63) is 11.6 Å². The van der Waals surface area contributed by atoms with E-state index in [1.165, 1.54) is 24.8 Å². The quantitative estimate of drug-likeness (QED) is 0.673. The van der Waals surface area contributed by atoms with Gasteiger partial charge in [0.05, 0.1) is 0 Å². The van der Waals surface area contributed by atoms with Gasteiger partial charge in [0.25, 0.3) is 0 Å². The van der Waals surface area contributed by atoms with E-state index in [-0.39, 0.29) is 22.9 Å². The van der Waals surface area contributed by atoms with Gasteiger partial charge in [-0.25, -0.2) is 0 Å². The van der Waals surface area contributed by atoms with E-state index < -0.39 is 0 Å². The maximum Gasteiger partial charge on any atom is 0.305 e. The number of allylic oxidation sites excluding steroid dienone is 1. The number of ether oxygens (including phenoxy) is 1. The molecule has 25 heavy (non-hydrogen) atoms. The number of carbonyl (C=O) groups is 2. The summed E-state index contributed by atoms with van der Waals surface area (Å²) in [5.74, 6) is 2.41. The standard InChI is InChI=1S/C22H32O3/c1-4-20(24)25-19-8-7-17-16-6-5-14-13-15(23)9-11-21(14,2)18(16)10-12-22(17,19)3/h13,16-19H,4-12H2,1-3H3/t16?,17-,18?,19?,21?,22?/m0/s1. The van der Waals surface area contributed by atoms with Crippen molar-refractivity contribution in [2.75, 3.05) is 0 Å². The summed E-state index contributed by atoms with van der Waals surface area (Å²) in [5, 5.41) is 0. The van der Waals surface area contributed by atoms with Crippen molar-refractivity contribution < 1.29 is 14.3 Å². The largest absolute Gasteiger partial charge is 0.462 e. The average Bonchev–Trinajstić information content (AvgIpc) is 2.92. The van der Waals surface area contributed by atoms with E-state index in [1.807, 2.05) is 13.0 Å². The van der Waals surface area contributed by atoms with E-state index in [2.05, 4.69) is 13.8 Å². The molecule has 0 radical (unpaired) electrons. The molecule has 3 heteroatoms. The summed E-state index contributed by atoms with van der Waals surface area (Å²) in [7, 11) is 0. The second-order valence-electron chi connectivity index (χ2n) is 9.42. The molecular formula is C22H32O3. The molecule has 5 unspecified atom stereocenters. The highest BCUT2D eigenvalue weighted by Gasteiger charge is 2.59. The molecule has 3 nitrogen and oxygen atoms in total. The third-order valence-electron chi connectivity index (χ3n) is 8.44. The van der Waals surface area contributed by atoms with Crippen LogP contribution in [0.15, 0.2) is 11.6 Å². The van der Waals surface area contributed by atoms with Crippen LogP contribution in [0.3, 0.4) is 0 Å². The molecule has 4 aliphatic carbocycles. The van der Waals surface area contributed by atoms with Gasteiger partial charge in [-0.2, -0.15) is 0 Å². The normalized spacial score (nSPS) is 45.9. The van der Waals surface area contributed by atoms with Crippen LogP contribution in [0.25, 0.3) is 0 Å². The van der Waals surface area contributed by atoms with Crippen LogP contribution in [0.1, 0.15) is 78.6 Å². The first kappa shape index (κ1) is 17.3. The molecule has 0 N–H and O–H groups in total. The monoisotopic (exact) mass is 344 g/mol. The van der Waals surface area contributed by atoms with Gasteiger partial charge in [-0.05, 0) is 74.2 Å². The molecule has 138 valence electrons. The maximum absolute atomic E-state index is 11.9. The van der Waals surface area contributed by atoms with Crippen LogP contribution in [0.4, 0.5) is 0 Å². The van der Waals surface area contributed by atoms with Gasteiger partial charge >= 0.3 is 5.97 Å². The Balaban J connectivity index is 1.59. The van der Waals surface area contributed by atoms with Gasteiger partial charge in [0.15, 0.2) is 5.78 Å². The first-order chi connectivity index (χ1) is 11.9. The Morgan fingerprint density at radius 2 is 1.92 bits per heavy atom. The number of ketones is 1. The Kier molecular flexibility index (Phi) is 4.12. The maximum atomic E-state index is 11.9. The van der Waals surface area contributed by atoms with Gasteiger partial charge in [0.1, 0.15) is 6.10 Å². The number of fused-ring (bicyclic) bond motifs is 5. The van der Waals surface area contributed by atoms with Crippen LogP contribution in [-0.2, 0) is 14.3 Å². The van der Waals surface area contributed by atoms with Gasteiger partial charge in [-0.1, -0.05) is 26.3 Å². The Bertz CT molecular complexity index is 621. The molecule has 0 saturated heterocycles. The molecule has 6 atom stereocenters. The highest BCUT2D eigenvalue weighted by molar-refractivity contribution is 5.91. The molecule has 4 rings (SSSR count). The van der Waals surface area contributed by atoms with Crippen molar-refractivity contribution in [1.29, 1.82) is 0 Å². The fourth-order valence-electron chi connectivity index (χ4n) is 6.95. The van der Waals surface area contributed by atoms with Crippen LogP contribution >= 0.6 is 0 Å². The zero-order valence-corrected chi connectivity index (χ0v) is 16.0. The van der Waals surface area contributed by atoms with Crippen molar-refractivity contribution in [2.24, 2.45) is 28.6 Å². The lowest BCUT2D eigenvalue weighted by Crippen LogP contribution is -2.51. The van der Waals surface area contributed by atoms with E-state index in [1.54, 1.807) is 0 Å². The lowest BCUT2D eigenvalue weighted by Gasteiger charge is -2.57. The van der Waals surface area contributed by atoms with Gasteiger partial charge in [0, 0.05) is 18.3 Å². The fraction of sp³-hybridized carbons (Fsp3) is 0.818. The number of hydrogen-bond acceptors (Lipinski definition) is 3. The van der Waals surface area contributed by atoms with Crippen LogP contribution in [0.5, 0.6) is 0 Å². The molecule has 0 aromatic carbocycles. The summed E-state index contributed by atoms with van der Waals surface area (Å²) in [6, 6.07) is 0. The number of esters is 1. The fourth-order valence-corrected chi connectivity index (χ4v) is 6.95. The average molecular weight is 344 g/mol. The van der Waals surface area contributed by atoms with Crippen molar-refractivity contribution in [3.8, 4) is 0 Å². The molecule has 0 spiro atoms. The Hall–Kier alpha value is -1.12. The van der Waals surface area contributed by atoms with Gasteiger partial charge < -0.3 is 4.74 Å². The molecule has 3 fully saturated rings. The van der Waals surface area contributed by atoms with E-state index in [9.17, 15) is 9.59 Å². The van der Waals surface area contributed by atoms with E-state index in [0.717, 1.165) is 38.0 Å². The van der Waals surface area contributed by atoms with Crippen LogP contribution < -0.4 is 0 Å². The van der Waals surface area contributed by atoms with Gasteiger partial charge in [0.2, 0.25) is 0 Å². The zero-order chi connectivity index (χ0) is 17.8. The zero-order valence-electron chi connectivity index (χ0n) is 16.0. The van der Waals surface area contributed by atoms with E-state index in [4.69, 9.17) is 4.74 Å². The lowest BCUT2D eigenvalue weighted by atomic mass is 9.47. The van der Waals surface area contributed by atoms with Crippen molar-refractivity contribution in [2.45, 2.75) is 84.7 Å². The number of carbonyl (C=O) groups excluding carboxylic acids is 2. The predicted molar refractivity (Wildman–Crippen MR) is 96.9 cm³/mol. The van der Waals surface area contributed by atoms with Crippen LogP contribution in [-0.4, -0.2) is 17.9 Å². The minimum atomic E-state index is -0.0411. The summed E-state index contributed by atoms with van der Waals surface area (Å²) in [6.07, 6.45) is 11.3. The topological polar surface area (TPSA) is 43.4 Å². The summed E-state index contributed by atoms with van der Waals surface area (Å²) in [5.41, 5.74) is 1.82. The molecule has 0 heterocycles. The molecule has 0 amide bonds. The molecule has 0 aliphatic heterocycles. The molecule has 0 bridgehead atoms. The Morgan fingerprint density at radius 3 is 2.68 bits per heavy atom. The minimum Gasteiger partial charge on any atom is -0.462 e.